The molecule has 0 aromatic heterocycles. The first-order valence-electron chi connectivity index (χ1n) is 15.6. The van der Waals surface area contributed by atoms with Crippen molar-refractivity contribution in [2.45, 2.75) is 132 Å². The van der Waals surface area contributed by atoms with Gasteiger partial charge in [-0.3, -0.25) is 9.59 Å². The summed E-state index contributed by atoms with van der Waals surface area (Å²) < 4.78 is 11.6. The molecular weight excluding hydrogens is 488 g/mol. The maximum Gasteiger partial charge on any atom is 0.302 e. The molecule has 0 radical (unpaired) electrons. The van der Waals surface area contributed by atoms with Crippen molar-refractivity contribution < 1.29 is 24.2 Å². The van der Waals surface area contributed by atoms with E-state index in [0.29, 0.717) is 18.4 Å². The molecule has 3 unspecified atom stereocenters. The molecule has 0 amide bonds. The summed E-state index contributed by atoms with van der Waals surface area (Å²) >= 11 is 0. The number of hydrogen-bond donors (Lipinski definition) is 1. The molecule has 1 N–H and O–H groups in total. The quantitative estimate of drug-likeness (QED) is 0.300. The van der Waals surface area contributed by atoms with E-state index in [2.05, 4.69) is 54.5 Å². The predicted molar refractivity (Wildman–Crippen MR) is 153 cm³/mol. The molecule has 4 saturated carbocycles. The zero-order chi connectivity index (χ0) is 28.8. The number of carbonyl (C=O) groups is 2. The third kappa shape index (κ3) is 4.09. The van der Waals surface area contributed by atoms with Gasteiger partial charge in [-0.15, -0.1) is 0 Å². The van der Waals surface area contributed by atoms with E-state index in [4.69, 9.17) is 9.47 Å². The van der Waals surface area contributed by atoms with Gasteiger partial charge in [0, 0.05) is 24.7 Å². The number of aliphatic hydroxyl groups is 1. The summed E-state index contributed by atoms with van der Waals surface area (Å²) in [4.78, 5) is 23.9. The molecule has 0 aliphatic heterocycles. The molecule has 5 aliphatic carbocycles. The van der Waals surface area contributed by atoms with Gasteiger partial charge in [-0.25, -0.2) is 0 Å². The second kappa shape index (κ2) is 9.07. The molecule has 220 valence electrons. The summed E-state index contributed by atoms with van der Waals surface area (Å²) in [5.74, 6) is 0.814. The van der Waals surface area contributed by atoms with Crippen molar-refractivity contribution in [3.8, 4) is 0 Å². The first-order valence-corrected chi connectivity index (χ1v) is 15.6. The lowest BCUT2D eigenvalue weighted by molar-refractivity contribution is -0.224. The third-order valence-corrected chi connectivity index (χ3v) is 13.7. The average Bonchev–Trinajstić information content (AvgIpc) is 2.80. The number of hydrogen-bond acceptors (Lipinski definition) is 5. The second-order valence-electron chi connectivity index (χ2n) is 16.4. The molecule has 5 heteroatoms. The Morgan fingerprint density at radius 2 is 1.59 bits per heavy atom. The molecule has 5 aliphatic rings. The van der Waals surface area contributed by atoms with Gasteiger partial charge in [0.2, 0.25) is 0 Å². The summed E-state index contributed by atoms with van der Waals surface area (Å²) in [7, 11) is 0. The highest BCUT2D eigenvalue weighted by molar-refractivity contribution is 5.66. The lowest BCUT2D eigenvalue weighted by Crippen LogP contribution is -2.67. The van der Waals surface area contributed by atoms with Crippen LogP contribution in [0.4, 0.5) is 0 Å². The zero-order valence-electron chi connectivity index (χ0n) is 26.1. The Labute approximate surface area is 236 Å². The molecular formula is C34H54O5. The van der Waals surface area contributed by atoms with Crippen molar-refractivity contribution in [1.82, 2.24) is 0 Å². The van der Waals surface area contributed by atoms with Crippen molar-refractivity contribution in [3.63, 3.8) is 0 Å². The van der Waals surface area contributed by atoms with Crippen molar-refractivity contribution in [2.24, 2.45) is 50.2 Å². The first-order chi connectivity index (χ1) is 17.9. The standard InChI is InChI=1S/C34H54O5/c1-21(35)38-20-34-17-16-29(3,4)18-24(34)23-10-11-26-31(7)14-13-28(39-22(2)36)30(5,6)25(31)12-15-32(26,8)33(23,9)19-27(34)37/h10,24-28,37H,11-20H2,1-9H3/t24?,25?,26?,27-,28+,31+,32-,33-,34-/m1/s1. The minimum absolute atomic E-state index is 0.0226. The Bertz CT molecular complexity index is 1060. The summed E-state index contributed by atoms with van der Waals surface area (Å²) in [5.41, 5.74) is 1.41. The topological polar surface area (TPSA) is 72.8 Å². The van der Waals surface area contributed by atoms with Gasteiger partial charge < -0.3 is 14.6 Å². The van der Waals surface area contributed by atoms with Gasteiger partial charge in [0.1, 0.15) is 6.10 Å². The van der Waals surface area contributed by atoms with Crippen molar-refractivity contribution in [2.75, 3.05) is 6.61 Å². The third-order valence-electron chi connectivity index (χ3n) is 13.7. The van der Waals surface area contributed by atoms with E-state index in [0.717, 1.165) is 57.8 Å². The maximum atomic E-state index is 12.1. The maximum absolute atomic E-state index is 12.1. The number of aliphatic hydroxyl groups excluding tert-OH is 1. The molecule has 0 aromatic rings. The van der Waals surface area contributed by atoms with E-state index in [9.17, 15) is 14.7 Å². The summed E-state index contributed by atoms with van der Waals surface area (Å²) in [6, 6.07) is 0. The molecule has 9 atom stereocenters. The van der Waals surface area contributed by atoms with E-state index in [1.807, 2.05) is 0 Å². The monoisotopic (exact) mass is 542 g/mol. The fourth-order valence-electron chi connectivity index (χ4n) is 11.3. The van der Waals surface area contributed by atoms with Crippen LogP contribution in [0.3, 0.4) is 0 Å². The SMILES string of the molecule is CC(=O)OC[C@]12CCC(C)(C)CC1C1=CCC3[C@@]4(C)CC[C@H](OC(C)=O)C(C)(C)C4CC[C@@]3(C)[C@]1(C)C[C@H]2O. The van der Waals surface area contributed by atoms with Gasteiger partial charge in [-0.05, 0) is 97.2 Å². The van der Waals surface area contributed by atoms with Crippen LogP contribution in [-0.4, -0.2) is 35.9 Å². The van der Waals surface area contributed by atoms with Gasteiger partial charge in [0.25, 0.3) is 0 Å². The Morgan fingerprint density at radius 1 is 0.897 bits per heavy atom. The van der Waals surface area contributed by atoms with Crippen molar-refractivity contribution in [1.29, 1.82) is 0 Å². The lowest BCUT2D eigenvalue weighted by atomic mass is 9.33. The molecule has 5 nitrogen and oxygen atoms in total. The van der Waals surface area contributed by atoms with E-state index in [1.165, 1.54) is 6.92 Å². The van der Waals surface area contributed by atoms with Crippen LogP contribution in [0.15, 0.2) is 11.6 Å². The number of esters is 2. The molecule has 0 bridgehead atoms. The summed E-state index contributed by atoms with van der Waals surface area (Å²) in [6.07, 6.45) is 11.1. The van der Waals surface area contributed by atoms with Gasteiger partial charge >= 0.3 is 11.9 Å². The highest BCUT2D eigenvalue weighted by Gasteiger charge is 2.70. The van der Waals surface area contributed by atoms with E-state index < -0.39 is 6.10 Å². The van der Waals surface area contributed by atoms with Crippen LogP contribution in [0, 0.1) is 50.2 Å². The average molecular weight is 543 g/mol. The van der Waals surface area contributed by atoms with Crippen molar-refractivity contribution >= 4 is 11.9 Å². The lowest BCUT2D eigenvalue weighted by Gasteiger charge is -2.72. The zero-order valence-corrected chi connectivity index (χ0v) is 26.1. The molecule has 0 heterocycles. The van der Waals surface area contributed by atoms with Crippen LogP contribution < -0.4 is 0 Å². The predicted octanol–water partition coefficient (Wildman–Crippen LogP) is 7.25. The first kappa shape index (κ1) is 29.1. The largest absolute Gasteiger partial charge is 0.465 e. The minimum atomic E-state index is -0.489. The fourth-order valence-corrected chi connectivity index (χ4v) is 11.3. The fraction of sp³-hybridized carbons (Fsp3) is 0.882. The van der Waals surface area contributed by atoms with Crippen LogP contribution in [0.1, 0.15) is 120 Å². The Balaban J connectivity index is 1.56. The van der Waals surface area contributed by atoms with Crippen LogP contribution in [0.25, 0.3) is 0 Å². The highest BCUT2D eigenvalue weighted by atomic mass is 16.5. The molecule has 4 fully saturated rings. The van der Waals surface area contributed by atoms with E-state index in [-0.39, 0.29) is 56.5 Å². The number of rotatable bonds is 3. The van der Waals surface area contributed by atoms with Gasteiger partial charge in [-0.2, -0.15) is 0 Å². The number of carbonyl (C=O) groups excluding carboxylic acids is 2. The Kier molecular flexibility index (Phi) is 6.78. The molecule has 39 heavy (non-hydrogen) atoms. The second-order valence-corrected chi connectivity index (χ2v) is 16.4. The normalized spacial score (nSPS) is 47.8. The number of fused-ring (bicyclic) bond motifs is 7. The number of ether oxygens (including phenoxy) is 2. The van der Waals surface area contributed by atoms with E-state index in [1.54, 1.807) is 12.5 Å². The van der Waals surface area contributed by atoms with Crippen LogP contribution >= 0.6 is 0 Å². The van der Waals surface area contributed by atoms with E-state index >= 15 is 0 Å². The minimum Gasteiger partial charge on any atom is -0.465 e. The van der Waals surface area contributed by atoms with Crippen LogP contribution in [-0.2, 0) is 19.1 Å². The Hall–Kier alpha value is -1.36. The smallest absolute Gasteiger partial charge is 0.302 e. The Morgan fingerprint density at radius 3 is 2.23 bits per heavy atom. The van der Waals surface area contributed by atoms with Gasteiger partial charge in [-0.1, -0.05) is 60.1 Å². The van der Waals surface area contributed by atoms with Crippen LogP contribution in [0.5, 0.6) is 0 Å². The summed E-state index contributed by atoms with van der Waals surface area (Å²) in [6.45, 7) is 20.3. The molecule has 0 aromatic carbocycles. The van der Waals surface area contributed by atoms with Crippen molar-refractivity contribution in [3.05, 3.63) is 11.6 Å². The molecule has 0 spiro atoms. The number of allylic oxidation sites excluding steroid dienone is 2. The molecule has 5 rings (SSSR count). The van der Waals surface area contributed by atoms with Crippen LogP contribution in [0.2, 0.25) is 0 Å². The summed E-state index contributed by atoms with van der Waals surface area (Å²) in [5, 5.41) is 12.1. The highest BCUT2D eigenvalue weighted by Crippen LogP contribution is 2.75. The molecule has 0 saturated heterocycles. The van der Waals surface area contributed by atoms with Gasteiger partial charge in [0.15, 0.2) is 0 Å². The van der Waals surface area contributed by atoms with Gasteiger partial charge in [0.05, 0.1) is 12.7 Å².